The number of fused-ring (bicyclic) bond motifs is 1. The van der Waals surface area contributed by atoms with E-state index in [4.69, 9.17) is 0 Å². The minimum Gasteiger partial charge on any atom is -0.342 e. The van der Waals surface area contributed by atoms with E-state index in [9.17, 15) is 19.2 Å². The predicted octanol–water partition coefficient (Wildman–Crippen LogP) is -0.372. The molecule has 0 saturated carbocycles. The molecule has 124 valence electrons. The molecule has 2 saturated heterocycles. The summed E-state index contributed by atoms with van der Waals surface area (Å²) in [7, 11) is 0. The van der Waals surface area contributed by atoms with Crippen LogP contribution in [0.1, 0.15) is 19.3 Å². The molecule has 1 aliphatic carbocycles. The number of hydrogen-bond donors (Lipinski definition) is 0. The van der Waals surface area contributed by atoms with Crippen LogP contribution in [0.4, 0.5) is 0 Å². The Morgan fingerprint density at radius 2 is 1.61 bits per heavy atom. The van der Waals surface area contributed by atoms with Crippen LogP contribution >= 0.6 is 0 Å². The predicted molar refractivity (Wildman–Crippen MR) is 80.9 cm³/mol. The van der Waals surface area contributed by atoms with E-state index in [1.807, 2.05) is 12.2 Å². The van der Waals surface area contributed by atoms with Crippen LogP contribution in [0.3, 0.4) is 0 Å². The van der Waals surface area contributed by atoms with Crippen molar-refractivity contribution in [3.05, 3.63) is 12.2 Å². The van der Waals surface area contributed by atoms with Gasteiger partial charge in [0.1, 0.15) is 0 Å². The molecule has 2 fully saturated rings. The van der Waals surface area contributed by atoms with Gasteiger partial charge in [0.2, 0.25) is 24.1 Å². The van der Waals surface area contributed by atoms with Crippen LogP contribution in [0, 0.1) is 11.8 Å². The molecule has 0 spiro atoms. The van der Waals surface area contributed by atoms with Crippen molar-refractivity contribution in [2.24, 2.45) is 11.8 Å². The summed E-state index contributed by atoms with van der Waals surface area (Å²) in [5.41, 5.74) is 0. The zero-order chi connectivity index (χ0) is 16.4. The molecule has 7 heteroatoms. The van der Waals surface area contributed by atoms with E-state index in [2.05, 4.69) is 0 Å². The molecule has 2 heterocycles. The maximum absolute atomic E-state index is 12.3. The lowest BCUT2D eigenvalue weighted by Crippen LogP contribution is -2.48. The van der Waals surface area contributed by atoms with Gasteiger partial charge in [-0.3, -0.25) is 24.1 Å². The van der Waals surface area contributed by atoms with E-state index < -0.39 is 0 Å². The average molecular weight is 319 g/mol. The zero-order valence-electron chi connectivity index (χ0n) is 13.0. The van der Waals surface area contributed by atoms with Crippen LogP contribution in [0.25, 0.3) is 0 Å². The van der Waals surface area contributed by atoms with Crippen LogP contribution in [0.15, 0.2) is 12.2 Å². The Balaban J connectivity index is 1.52. The minimum absolute atomic E-state index is 0.0656. The van der Waals surface area contributed by atoms with Gasteiger partial charge in [-0.15, -0.1) is 0 Å². The summed E-state index contributed by atoms with van der Waals surface area (Å²) < 4.78 is 0. The molecule has 0 aromatic carbocycles. The van der Waals surface area contributed by atoms with E-state index >= 15 is 0 Å². The monoisotopic (exact) mass is 319 g/mol. The van der Waals surface area contributed by atoms with E-state index in [0.29, 0.717) is 39.0 Å². The van der Waals surface area contributed by atoms with Crippen molar-refractivity contribution in [3.63, 3.8) is 0 Å². The molecule has 2 aliphatic heterocycles. The fraction of sp³-hybridized carbons (Fsp3) is 0.625. The highest BCUT2D eigenvalue weighted by molar-refractivity contribution is 6.05. The topological polar surface area (TPSA) is 78.0 Å². The molecule has 0 unspecified atom stereocenters. The second-order valence-corrected chi connectivity index (χ2v) is 6.26. The fourth-order valence-electron chi connectivity index (χ4n) is 3.53. The molecule has 4 amide bonds. The molecule has 7 nitrogen and oxygen atoms in total. The standard InChI is InChI=1S/C16H21N3O4/c20-11-17-7-9-18(10-8-17)14(21)5-6-19-15(22)12-3-1-2-4-13(12)16(19)23/h1-2,11-13H,3-10H2/t12-,13+. The van der Waals surface area contributed by atoms with Gasteiger partial charge in [0.25, 0.3) is 0 Å². The highest BCUT2D eigenvalue weighted by Gasteiger charge is 2.47. The largest absolute Gasteiger partial charge is 0.342 e. The fourth-order valence-corrected chi connectivity index (χ4v) is 3.53. The van der Waals surface area contributed by atoms with Crippen molar-refractivity contribution in [2.75, 3.05) is 32.7 Å². The highest BCUT2D eigenvalue weighted by Crippen LogP contribution is 2.35. The molecular formula is C16H21N3O4. The van der Waals surface area contributed by atoms with E-state index in [1.165, 1.54) is 4.90 Å². The van der Waals surface area contributed by atoms with E-state index in [-0.39, 0.29) is 42.5 Å². The number of allylic oxidation sites excluding steroid dienone is 2. The van der Waals surface area contributed by atoms with Crippen LogP contribution in [0.5, 0.6) is 0 Å². The number of amides is 4. The van der Waals surface area contributed by atoms with Crippen molar-refractivity contribution in [2.45, 2.75) is 19.3 Å². The lowest BCUT2D eigenvalue weighted by Gasteiger charge is -2.32. The maximum Gasteiger partial charge on any atom is 0.233 e. The quantitative estimate of drug-likeness (QED) is 0.402. The highest BCUT2D eigenvalue weighted by atomic mass is 16.2. The third-order valence-electron chi connectivity index (χ3n) is 4.96. The Bertz CT molecular complexity index is 526. The first-order valence-electron chi connectivity index (χ1n) is 8.09. The van der Waals surface area contributed by atoms with Crippen LogP contribution in [0.2, 0.25) is 0 Å². The maximum atomic E-state index is 12.3. The Kier molecular flexibility index (Phi) is 4.45. The lowest BCUT2D eigenvalue weighted by atomic mass is 9.85. The second kappa shape index (κ2) is 6.52. The molecule has 0 N–H and O–H groups in total. The summed E-state index contributed by atoms with van der Waals surface area (Å²) in [6.07, 6.45) is 6.09. The summed E-state index contributed by atoms with van der Waals surface area (Å²) in [6.45, 7) is 2.25. The van der Waals surface area contributed by atoms with Crippen LogP contribution < -0.4 is 0 Å². The molecule has 2 atom stereocenters. The smallest absolute Gasteiger partial charge is 0.233 e. The Hall–Kier alpha value is -2.18. The first-order valence-corrected chi connectivity index (χ1v) is 8.09. The lowest BCUT2D eigenvalue weighted by molar-refractivity contribution is -0.141. The normalized spacial score (nSPS) is 27.4. The number of imide groups is 1. The number of hydrogen-bond acceptors (Lipinski definition) is 4. The van der Waals surface area contributed by atoms with Gasteiger partial charge >= 0.3 is 0 Å². The van der Waals surface area contributed by atoms with Crippen molar-refractivity contribution < 1.29 is 19.2 Å². The Morgan fingerprint density at radius 1 is 1.04 bits per heavy atom. The number of likely N-dealkylation sites (tertiary alicyclic amines) is 1. The third kappa shape index (κ3) is 3.00. The Morgan fingerprint density at radius 3 is 2.13 bits per heavy atom. The number of carbonyl (C=O) groups excluding carboxylic acids is 4. The SMILES string of the molecule is O=CN1CCN(C(=O)CCN2C(=O)[C@H]3CC=CC[C@H]3C2=O)CC1. The van der Waals surface area contributed by atoms with Gasteiger partial charge in [-0.25, -0.2) is 0 Å². The van der Waals surface area contributed by atoms with Gasteiger partial charge in [0.15, 0.2) is 0 Å². The third-order valence-corrected chi connectivity index (χ3v) is 4.96. The van der Waals surface area contributed by atoms with Crippen molar-refractivity contribution in [1.82, 2.24) is 14.7 Å². The summed E-state index contributed by atoms with van der Waals surface area (Å²) in [5, 5.41) is 0. The van der Waals surface area contributed by atoms with Crippen LogP contribution in [-0.4, -0.2) is 71.6 Å². The molecule has 0 bridgehead atoms. The molecule has 3 aliphatic rings. The van der Waals surface area contributed by atoms with Gasteiger partial charge in [0.05, 0.1) is 11.8 Å². The summed E-state index contributed by atoms with van der Waals surface area (Å²) in [5.74, 6) is -0.813. The summed E-state index contributed by atoms with van der Waals surface area (Å²) in [4.78, 5) is 52.1. The van der Waals surface area contributed by atoms with Gasteiger partial charge in [0, 0.05) is 39.1 Å². The van der Waals surface area contributed by atoms with Gasteiger partial charge in [-0.1, -0.05) is 12.2 Å². The summed E-state index contributed by atoms with van der Waals surface area (Å²) >= 11 is 0. The van der Waals surface area contributed by atoms with E-state index in [0.717, 1.165) is 6.41 Å². The van der Waals surface area contributed by atoms with Crippen LogP contribution in [-0.2, 0) is 19.2 Å². The molecular weight excluding hydrogens is 298 g/mol. The average Bonchev–Trinajstić information content (AvgIpc) is 2.84. The van der Waals surface area contributed by atoms with Crippen molar-refractivity contribution >= 4 is 24.1 Å². The zero-order valence-corrected chi connectivity index (χ0v) is 13.0. The second-order valence-electron chi connectivity index (χ2n) is 6.26. The molecule has 3 rings (SSSR count). The van der Waals surface area contributed by atoms with Gasteiger partial charge in [-0.05, 0) is 12.8 Å². The van der Waals surface area contributed by atoms with E-state index in [1.54, 1.807) is 9.80 Å². The van der Waals surface area contributed by atoms with Crippen molar-refractivity contribution in [3.8, 4) is 0 Å². The molecule has 23 heavy (non-hydrogen) atoms. The number of rotatable bonds is 4. The molecule has 0 aromatic rings. The minimum atomic E-state index is -0.237. The first kappa shape index (κ1) is 15.7. The Labute approximate surface area is 134 Å². The number of piperazine rings is 1. The first-order chi connectivity index (χ1) is 11.1. The number of carbonyl (C=O) groups is 4. The van der Waals surface area contributed by atoms with Gasteiger partial charge < -0.3 is 9.80 Å². The summed E-state index contributed by atoms with van der Waals surface area (Å²) in [6, 6.07) is 0. The van der Waals surface area contributed by atoms with Gasteiger partial charge in [-0.2, -0.15) is 0 Å². The molecule has 0 aromatic heterocycles. The number of nitrogens with zero attached hydrogens (tertiary/aromatic N) is 3. The molecule has 0 radical (unpaired) electrons. The van der Waals surface area contributed by atoms with Crippen molar-refractivity contribution in [1.29, 1.82) is 0 Å².